The molecule has 1 unspecified atom stereocenters. The fourth-order valence-corrected chi connectivity index (χ4v) is 3.47. The van der Waals surface area contributed by atoms with E-state index in [2.05, 4.69) is 34.2 Å². The Hall–Kier alpha value is -0.757. The van der Waals surface area contributed by atoms with Gasteiger partial charge in [0.15, 0.2) is 0 Å². The summed E-state index contributed by atoms with van der Waals surface area (Å²) in [6.07, 6.45) is 2.25. The molecule has 3 N–H and O–H groups in total. The predicted molar refractivity (Wildman–Crippen MR) is 65.3 cm³/mol. The van der Waals surface area contributed by atoms with Crippen LogP contribution in [0.5, 0.6) is 0 Å². The van der Waals surface area contributed by atoms with Crippen molar-refractivity contribution < 1.29 is 24.7 Å². The molecule has 3 nitrogen and oxygen atoms in total. The van der Waals surface area contributed by atoms with Crippen molar-refractivity contribution in [1.82, 2.24) is 5.32 Å². The van der Waals surface area contributed by atoms with Crippen molar-refractivity contribution in [2.45, 2.75) is 3.63 Å². The Balaban J connectivity index is 2.59. The molecule has 1 atom stereocenters. The third-order valence-electron chi connectivity index (χ3n) is 3.01. The van der Waals surface area contributed by atoms with Gasteiger partial charge >= 0.3 is 112 Å². The van der Waals surface area contributed by atoms with Gasteiger partial charge < -0.3 is 0 Å². The van der Waals surface area contributed by atoms with Crippen LogP contribution >= 0.6 is 0 Å². The van der Waals surface area contributed by atoms with Gasteiger partial charge in [-0.15, -0.1) is 0 Å². The van der Waals surface area contributed by atoms with E-state index in [0.717, 1.165) is 0 Å². The van der Waals surface area contributed by atoms with E-state index in [9.17, 15) is 0 Å². The second-order valence-electron chi connectivity index (χ2n) is 3.77. The minimum atomic E-state index is 0.517. The van der Waals surface area contributed by atoms with Gasteiger partial charge in [0.05, 0.1) is 0 Å². The Labute approximate surface area is 112 Å². The molecule has 2 rings (SSSR count). The number of allylic oxidation sites excluding steroid dienone is 1. The summed E-state index contributed by atoms with van der Waals surface area (Å²) >= 11 is 1.52. The van der Waals surface area contributed by atoms with Crippen LogP contribution in [0, 0.1) is 0 Å². The maximum atomic E-state index is 3.29. The first-order valence-electron chi connectivity index (χ1n) is 5.35. The molecule has 4 heteroatoms. The van der Waals surface area contributed by atoms with Crippen LogP contribution in [0.3, 0.4) is 0 Å². The van der Waals surface area contributed by atoms with Crippen LogP contribution in [0.25, 0.3) is 6.08 Å². The second-order valence-corrected chi connectivity index (χ2v) is 5.19. The summed E-state index contributed by atoms with van der Waals surface area (Å²) < 4.78 is 0.517. The van der Waals surface area contributed by atoms with Crippen LogP contribution in [0.1, 0.15) is 14.8 Å². The Kier molecular flexibility index (Phi) is 3.39. The van der Waals surface area contributed by atoms with Gasteiger partial charge in [-0.3, -0.25) is 0 Å². The monoisotopic (exact) mass is 292 g/mol. The van der Waals surface area contributed by atoms with Crippen LogP contribution in [0.15, 0.2) is 17.8 Å². The minimum absolute atomic E-state index is 0.517. The molecule has 0 bridgehead atoms. The topological polar surface area (TPSA) is 36.1 Å². The zero-order valence-corrected chi connectivity index (χ0v) is 12.3. The summed E-state index contributed by atoms with van der Waals surface area (Å²) in [5.74, 6) is 0. The molecule has 0 aliphatic heterocycles. The van der Waals surface area contributed by atoms with Crippen molar-refractivity contribution in [3.63, 3.8) is 0 Å². The van der Waals surface area contributed by atoms with Crippen LogP contribution in [0.2, 0.25) is 0 Å². The Morgan fingerprint density at radius 2 is 1.62 bits per heavy atom. The van der Waals surface area contributed by atoms with Gasteiger partial charge in [0, 0.05) is 0 Å². The average Bonchev–Trinajstić information content (AvgIpc) is 2.66. The number of nitrogens with one attached hydrogen (secondary N) is 3. The van der Waals surface area contributed by atoms with Gasteiger partial charge in [0.2, 0.25) is 0 Å². The summed E-state index contributed by atoms with van der Waals surface area (Å²) in [4.78, 5) is 0. The normalized spacial score (nSPS) is 17.6. The van der Waals surface area contributed by atoms with Gasteiger partial charge in [-0.1, -0.05) is 0 Å². The van der Waals surface area contributed by atoms with E-state index in [4.69, 9.17) is 0 Å². The number of likely N-dealkylation sites (N-methyl/N-ethyl adjacent to an activating group) is 1. The summed E-state index contributed by atoms with van der Waals surface area (Å²) in [6.45, 7) is 0. The number of hydrogen-bond donors (Lipinski definition) is 3. The molecule has 83 valence electrons. The first-order valence-corrected chi connectivity index (χ1v) is 6.77. The molecule has 0 heterocycles. The van der Waals surface area contributed by atoms with Crippen LogP contribution in [-0.2, 0) is 24.7 Å². The molecule has 0 radical (unpaired) electrons. The number of benzene rings is 1. The van der Waals surface area contributed by atoms with Gasteiger partial charge in [-0.05, 0) is 0 Å². The second kappa shape index (κ2) is 4.62. The first kappa shape index (κ1) is 11.7. The van der Waals surface area contributed by atoms with Crippen molar-refractivity contribution in [1.29, 1.82) is 0 Å². The summed E-state index contributed by atoms with van der Waals surface area (Å²) in [6, 6.07) is 4.27. The van der Waals surface area contributed by atoms with Crippen LogP contribution < -0.4 is 16.0 Å². The third-order valence-corrected chi connectivity index (χ3v) is 4.49. The van der Waals surface area contributed by atoms with Crippen LogP contribution in [-0.4, -0.2) is 21.1 Å². The number of hydrogen-bond acceptors (Lipinski definition) is 3. The summed E-state index contributed by atoms with van der Waals surface area (Å²) in [5.41, 5.74) is 6.48. The molecule has 16 heavy (non-hydrogen) atoms. The van der Waals surface area contributed by atoms with Crippen molar-refractivity contribution in [3.05, 3.63) is 29.0 Å². The molecule has 1 aliphatic rings. The van der Waals surface area contributed by atoms with Crippen molar-refractivity contribution >= 4 is 17.5 Å². The van der Waals surface area contributed by atoms with Crippen molar-refractivity contribution in [2.24, 2.45) is 0 Å². The van der Waals surface area contributed by atoms with Gasteiger partial charge in [0.1, 0.15) is 0 Å². The van der Waals surface area contributed by atoms with Gasteiger partial charge in [0.25, 0.3) is 0 Å². The summed E-state index contributed by atoms with van der Waals surface area (Å²) in [7, 11) is 5.94. The zero-order valence-electron chi connectivity index (χ0n) is 9.81. The van der Waals surface area contributed by atoms with E-state index in [-0.39, 0.29) is 0 Å². The molecule has 0 spiro atoms. The Morgan fingerprint density at radius 3 is 2.19 bits per heavy atom. The quantitative estimate of drug-likeness (QED) is 0.797. The molecule has 1 aromatic rings. The fraction of sp³-hybridized carbons (Fsp3) is 0.333. The number of anilines is 2. The molecule has 0 aromatic heterocycles. The fourth-order valence-electron chi connectivity index (χ4n) is 2.15. The van der Waals surface area contributed by atoms with E-state index in [1.807, 2.05) is 21.1 Å². The molecule has 0 fully saturated rings. The van der Waals surface area contributed by atoms with E-state index >= 15 is 0 Å². The van der Waals surface area contributed by atoms with Gasteiger partial charge in [-0.25, -0.2) is 0 Å². The SMILES string of the molecule is CNC1=Cc2c(NC)ccc(NC)c2[CH]1[Zr]. The van der Waals surface area contributed by atoms with E-state index in [1.165, 1.54) is 52.9 Å². The first-order chi connectivity index (χ1) is 7.72. The molecule has 0 saturated carbocycles. The molecule has 1 aliphatic carbocycles. The van der Waals surface area contributed by atoms with E-state index < -0.39 is 0 Å². The van der Waals surface area contributed by atoms with Gasteiger partial charge in [-0.2, -0.15) is 0 Å². The number of fused-ring (bicyclic) bond motifs is 1. The predicted octanol–water partition coefficient (Wildman–Crippen LogP) is 1.93. The maximum absolute atomic E-state index is 3.29. The van der Waals surface area contributed by atoms with Crippen molar-refractivity contribution in [3.8, 4) is 0 Å². The van der Waals surface area contributed by atoms with Crippen LogP contribution in [0.4, 0.5) is 11.4 Å². The standard InChI is InChI=1S/C12H16N3.Zr/c1-13-8-6-9-10(7-8)12(15-3)5-4-11(9)14-2;/h4-7,13-15H,1-3H3;. The molecular weight excluding hydrogens is 277 g/mol. The Morgan fingerprint density at radius 1 is 1.00 bits per heavy atom. The van der Waals surface area contributed by atoms with E-state index in [0.29, 0.717) is 3.63 Å². The molecule has 1 aromatic carbocycles. The number of rotatable bonds is 3. The summed E-state index contributed by atoms with van der Waals surface area (Å²) in [5, 5.41) is 9.82. The Bertz CT molecular complexity index is 440. The van der Waals surface area contributed by atoms with Crippen molar-refractivity contribution in [2.75, 3.05) is 31.8 Å². The molecule has 0 saturated heterocycles. The zero-order chi connectivity index (χ0) is 11.7. The average molecular weight is 294 g/mol. The molecular formula is C12H16N3Zr. The molecule has 0 amide bonds. The van der Waals surface area contributed by atoms with E-state index in [1.54, 1.807) is 0 Å². The third kappa shape index (κ3) is 1.69.